The average molecular weight is 297 g/mol. The molecule has 3 heteroatoms. The summed E-state index contributed by atoms with van der Waals surface area (Å²) in [5.41, 5.74) is 2.23. The van der Waals surface area contributed by atoms with Crippen LogP contribution in [0.4, 0.5) is 0 Å². The minimum Gasteiger partial charge on any atom is -0.387 e. The van der Waals surface area contributed by atoms with E-state index in [2.05, 4.69) is 54.7 Å². The lowest BCUT2D eigenvalue weighted by Crippen LogP contribution is -2.24. The molecule has 0 fully saturated rings. The second-order valence-electron chi connectivity index (χ2n) is 5.31. The maximum atomic E-state index is 10.1. The Kier molecular flexibility index (Phi) is 4.34. The van der Waals surface area contributed by atoms with Crippen LogP contribution in [0, 0.1) is 0 Å². The highest BCUT2D eigenvalue weighted by atomic mass is 32.1. The standard InChI is InChI=1S/C18H19NOS/c1-13(19-11-18(20)17-8-9-21-12-17)15-7-6-14-4-2-3-5-16(14)10-15/h2-10,12-13,18-20H,11H2,1H3. The van der Waals surface area contributed by atoms with E-state index in [4.69, 9.17) is 0 Å². The zero-order valence-electron chi connectivity index (χ0n) is 12.0. The molecule has 1 aromatic heterocycles. The van der Waals surface area contributed by atoms with Crippen molar-refractivity contribution >= 4 is 22.1 Å². The summed E-state index contributed by atoms with van der Waals surface area (Å²) in [4.78, 5) is 0. The largest absolute Gasteiger partial charge is 0.387 e. The van der Waals surface area contributed by atoms with Gasteiger partial charge in [-0.3, -0.25) is 0 Å². The number of aliphatic hydroxyl groups excluding tert-OH is 1. The summed E-state index contributed by atoms with van der Waals surface area (Å²) in [7, 11) is 0. The number of rotatable bonds is 5. The number of thiophene rings is 1. The predicted octanol–water partition coefficient (Wildman–Crippen LogP) is 4.29. The fourth-order valence-electron chi connectivity index (χ4n) is 2.47. The summed E-state index contributed by atoms with van der Waals surface area (Å²) in [6.07, 6.45) is -0.445. The van der Waals surface area contributed by atoms with Crippen LogP contribution >= 0.6 is 11.3 Å². The van der Waals surface area contributed by atoms with E-state index in [-0.39, 0.29) is 6.04 Å². The van der Waals surface area contributed by atoms with Crippen molar-refractivity contribution in [2.45, 2.75) is 19.1 Å². The van der Waals surface area contributed by atoms with Gasteiger partial charge in [0, 0.05) is 12.6 Å². The first-order valence-corrected chi connectivity index (χ1v) is 8.10. The summed E-state index contributed by atoms with van der Waals surface area (Å²) >= 11 is 1.61. The Morgan fingerprint density at radius 2 is 1.86 bits per heavy atom. The Morgan fingerprint density at radius 1 is 1.05 bits per heavy atom. The average Bonchev–Trinajstić information content (AvgIpc) is 3.06. The second-order valence-corrected chi connectivity index (χ2v) is 6.09. The van der Waals surface area contributed by atoms with E-state index in [0.717, 1.165) is 5.56 Å². The van der Waals surface area contributed by atoms with E-state index < -0.39 is 6.10 Å². The quantitative estimate of drug-likeness (QED) is 0.736. The summed E-state index contributed by atoms with van der Waals surface area (Å²) in [5.74, 6) is 0. The second kappa shape index (κ2) is 6.39. The van der Waals surface area contributed by atoms with Crippen LogP contribution in [-0.4, -0.2) is 11.7 Å². The van der Waals surface area contributed by atoms with E-state index in [1.165, 1.54) is 16.3 Å². The Labute approximate surface area is 129 Å². The molecule has 0 aliphatic rings. The molecule has 0 bridgehead atoms. The Bertz CT molecular complexity index is 708. The third kappa shape index (κ3) is 3.32. The van der Waals surface area contributed by atoms with E-state index >= 15 is 0 Å². The van der Waals surface area contributed by atoms with Crippen LogP contribution in [-0.2, 0) is 0 Å². The Morgan fingerprint density at radius 3 is 2.62 bits per heavy atom. The van der Waals surface area contributed by atoms with Crippen LogP contribution in [0.3, 0.4) is 0 Å². The minimum atomic E-state index is -0.445. The third-order valence-electron chi connectivity index (χ3n) is 3.82. The zero-order valence-corrected chi connectivity index (χ0v) is 12.8. The van der Waals surface area contributed by atoms with Gasteiger partial charge in [0.15, 0.2) is 0 Å². The fraction of sp³-hybridized carbons (Fsp3) is 0.222. The maximum absolute atomic E-state index is 10.1. The first kappa shape index (κ1) is 14.3. The van der Waals surface area contributed by atoms with Crippen LogP contribution in [0.2, 0.25) is 0 Å². The Balaban J connectivity index is 1.67. The summed E-state index contributed by atoms with van der Waals surface area (Å²) in [6, 6.07) is 17.1. The molecule has 3 rings (SSSR count). The molecule has 0 amide bonds. The molecule has 2 N–H and O–H groups in total. The van der Waals surface area contributed by atoms with Crippen LogP contribution in [0.25, 0.3) is 10.8 Å². The van der Waals surface area contributed by atoms with E-state index in [9.17, 15) is 5.11 Å². The number of hydrogen-bond acceptors (Lipinski definition) is 3. The smallest absolute Gasteiger partial charge is 0.0922 e. The molecule has 3 aromatic rings. The first-order chi connectivity index (χ1) is 10.2. The first-order valence-electron chi connectivity index (χ1n) is 7.16. The molecule has 0 aliphatic heterocycles. The van der Waals surface area contributed by atoms with Gasteiger partial charge in [-0.1, -0.05) is 36.4 Å². The van der Waals surface area contributed by atoms with Gasteiger partial charge in [0.2, 0.25) is 0 Å². The summed E-state index contributed by atoms with van der Waals surface area (Å²) in [5, 5.41) is 20.0. The van der Waals surface area contributed by atoms with Crippen LogP contribution in [0.5, 0.6) is 0 Å². The lowest BCUT2D eigenvalue weighted by atomic mass is 10.0. The highest BCUT2D eigenvalue weighted by Crippen LogP contribution is 2.21. The topological polar surface area (TPSA) is 32.3 Å². The predicted molar refractivity (Wildman–Crippen MR) is 89.6 cm³/mol. The maximum Gasteiger partial charge on any atom is 0.0922 e. The van der Waals surface area contributed by atoms with Crippen LogP contribution < -0.4 is 5.32 Å². The van der Waals surface area contributed by atoms with Crippen molar-refractivity contribution < 1.29 is 5.11 Å². The molecule has 0 saturated carbocycles. The molecular weight excluding hydrogens is 278 g/mol. The van der Waals surface area contributed by atoms with Crippen molar-refractivity contribution in [1.82, 2.24) is 5.32 Å². The van der Waals surface area contributed by atoms with Crippen molar-refractivity contribution in [3.05, 3.63) is 70.4 Å². The molecule has 0 aliphatic carbocycles. The van der Waals surface area contributed by atoms with Crippen LogP contribution in [0.1, 0.15) is 30.2 Å². The molecule has 0 radical (unpaired) electrons. The van der Waals surface area contributed by atoms with Crippen molar-refractivity contribution in [3.63, 3.8) is 0 Å². The molecule has 1 heterocycles. The third-order valence-corrected chi connectivity index (χ3v) is 4.52. The number of hydrogen-bond donors (Lipinski definition) is 2. The summed E-state index contributed by atoms with van der Waals surface area (Å²) < 4.78 is 0. The molecule has 21 heavy (non-hydrogen) atoms. The lowest BCUT2D eigenvalue weighted by Gasteiger charge is -2.17. The summed E-state index contributed by atoms with van der Waals surface area (Å²) in [6.45, 7) is 2.69. The molecule has 0 saturated heterocycles. The van der Waals surface area contributed by atoms with Crippen LogP contribution in [0.15, 0.2) is 59.3 Å². The van der Waals surface area contributed by atoms with Crippen molar-refractivity contribution in [3.8, 4) is 0 Å². The van der Waals surface area contributed by atoms with Gasteiger partial charge in [-0.15, -0.1) is 0 Å². The van der Waals surface area contributed by atoms with Crippen molar-refractivity contribution in [2.75, 3.05) is 6.54 Å². The van der Waals surface area contributed by atoms with Crippen molar-refractivity contribution in [1.29, 1.82) is 0 Å². The monoisotopic (exact) mass is 297 g/mol. The number of benzene rings is 2. The van der Waals surface area contributed by atoms with E-state index in [1.54, 1.807) is 11.3 Å². The van der Waals surface area contributed by atoms with E-state index in [0.29, 0.717) is 6.54 Å². The molecule has 2 nitrogen and oxygen atoms in total. The molecule has 2 atom stereocenters. The van der Waals surface area contributed by atoms with Gasteiger partial charge in [0.05, 0.1) is 6.10 Å². The highest BCUT2D eigenvalue weighted by Gasteiger charge is 2.11. The SMILES string of the molecule is CC(NCC(O)c1ccsc1)c1ccc2ccccc2c1. The molecular formula is C18H19NOS. The van der Waals surface area contributed by atoms with Gasteiger partial charge < -0.3 is 10.4 Å². The normalized spacial score (nSPS) is 14.2. The number of nitrogens with one attached hydrogen (secondary N) is 1. The van der Waals surface area contributed by atoms with Gasteiger partial charge in [-0.2, -0.15) is 11.3 Å². The zero-order chi connectivity index (χ0) is 14.7. The van der Waals surface area contributed by atoms with Gasteiger partial charge >= 0.3 is 0 Å². The van der Waals surface area contributed by atoms with Crippen molar-refractivity contribution in [2.24, 2.45) is 0 Å². The van der Waals surface area contributed by atoms with Gasteiger partial charge in [0.25, 0.3) is 0 Å². The highest BCUT2D eigenvalue weighted by molar-refractivity contribution is 7.07. The number of aliphatic hydroxyl groups is 1. The molecule has 2 aromatic carbocycles. The molecule has 2 unspecified atom stereocenters. The molecule has 108 valence electrons. The van der Waals surface area contributed by atoms with E-state index in [1.807, 2.05) is 16.8 Å². The molecule has 0 spiro atoms. The van der Waals surface area contributed by atoms with Gasteiger partial charge in [-0.25, -0.2) is 0 Å². The number of fused-ring (bicyclic) bond motifs is 1. The lowest BCUT2D eigenvalue weighted by molar-refractivity contribution is 0.171. The Hall–Kier alpha value is -1.68. The fourth-order valence-corrected chi connectivity index (χ4v) is 3.17. The minimum absolute atomic E-state index is 0.211. The van der Waals surface area contributed by atoms with Gasteiger partial charge in [0.1, 0.15) is 0 Å². The van der Waals surface area contributed by atoms with Gasteiger partial charge in [-0.05, 0) is 51.7 Å².